The van der Waals surface area contributed by atoms with Crippen LogP contribution in [0.3, 0.4) is 0 Å². The van der Waals surface area contributed by atoms with Gasteiger partial charge in [-0.05, 0) is 42.7 Å². The lowest BCUT2D eigenvalue weighted by Gasteiger charge is -2.05. The van der Waals surface area contributed by atoms with E-state index in [1.54, 1.807) is 53.1 Å². The van der Waals surface area contributed by atoms with Gasteiger partial charge in [0.05, 0.1) is 17.1 Å². The molecule has 7 heteroatoms. The first-order valence-corrected chi connectivity index (χ1v) is 9.06. The van der Waals surface area contributed by atoms with Crippen molar-refractivity contribution in [1.29, 1.82) is 5.26 Å². The SMILES string of the molecule is CC(C)CCNC(=O)c1nc(C(=O)Nc2cccc(C#N)c2)n2ccccc12. The molecule has 0 bridgehead atoms. The Morgan fingerprint density at radius 1 is 1.18 bits per heavy atom. The van der Waals surface area contributed by atoms with Crippen LogP contribution in [0, 0.1) is 17.2 Å². The normalized spacial score (nSPS) is 10.6. The maximum atomic E-state index is 12.8. The van der Waals surface area contributed by atoms with Crippen molar-refractivity contribution in [3.8, 4) is 6.07 Å². The van der Waals surface area contributed by atoms with Gasteiger partial charge in [0.1, 0.15) is 0 Å². The largest absolute Gasteiger partial charge is 0.351 e. The number of benzene rings is 1. The van der Waals surface area contributed by atoms with E-state index in [0.717, 1.165) is 6.42 Å². The summed E-state index contributed by atoms with van der Waals surface area (Å²) in [6.07, 6.45) is 2.55. The van der Waals surface area contributed by atoms with Crippen LogP contribution in [0.4, 0.5) is 5.69 Å². The summed E-state index contributed by atoms with van der Waals surface area (Å²) >= 11 is 0. The van der Waals surface area contributed by atoms with Gasteiger partial charge in [0, 0.05) is 18.4 Å². The Hall–Kier alpha value is -3.66. The molecule has 0 aliphatic heterocycles. The fourth-order valence-electron chi connectivity index (χ4n) is 2.78. The average Bonchev–Trinajstić information content (AvgIpc) is 3.08. The number of hydrogen-bond donors (Lipinski definition) is 2. The summed E-state index contributed by atoms with van der Waals surface area (Å²) < 4.78 is 1.58. The van der Waals surface area contributed by atoms with Crippen molar-refractivity contribution in [1.82, 2.24) is 14.7 Å². The van der Waals surface area contributed by atoms with Crippen molar-refractivity contribution in [3.05, 3.63) is 65.7 Å². The van der Waals surface area contributed by atoms with Gasteiger partial charge in [-0.3, -0.25) is 14.0 Å². The van der Waals surface area contributed by atoms with Crippen molar-refractivity contribution < 1.29 is 9.59 Å². The molecule has 0 fully saturated rings. The minimum Gasteiger partial charge on any atom is -0.351 e. The third-order valence-electron chi connectivity index (χ3n) is 4.22. The summed E-state index contributed by atoms with van der Waals surface area (Å²) in [5, 5.41) is 14.6. The molecule has 2 heterocycles. The number of nitrogens with zero attached hydrogens (tertiary/aromatic N) is 3. The Bertz CT molecular complexity index is 1060. The molecule has 0 aliphatic rings. The molecule has 142 valence electrons. The quantitative estimate of drug-likeness (QED) is 0.691. The van der Waals surface area contributed by atoms with E-state index < -0.39 is 5.91 Å². The number of carbonyl (C=O) groups excluding carboxylic acids is 2. The Morgan fingerprint density at radius 2 is 2.00 bits per heavy atom. The number of nitriles is 1. The molecule has 0 unspecified atom stereocenters. The first kappa shape index (κ1) is 19.1. The predicted octanol–water partition coefficient (Wildman–Crippen LogP) is 3.23. The monoisotopic (exact) mass is 375 g/mol. The summed E-state index contributed by atoms with van der Waals surface area (Å²) in [7, 11) is 0. The average molecular weight is 375 g/mol. The highest BCUT2D eigenvalue weighted by molar-refractivity contribution is 6.06. The maximum Gasteiger partial charge on any atom is 0.292 e. The van der Waals surface area contributed by atoms with Crippen molar-refractivity contribution in [2.75, 3.05) is 11.9 Å². The smallest absolute Gasteiger partial charge is 0.292 e. The van der Waals surface area contributed by atoms with Crippen molar-refractivity contribution >= 4 is 23.0 Å². The fraction of sp³-hybridized carbons (Fsp3) is 0.238. The number of rotatable bonds is 6. The van der Waals surface area contributed by atoms with Crippen molar-refractivity contribution in [3.63, 3.8) is 0 Å². The Balaban J connectivity index is 1.88. The van der Waals surface area contributed by atoms with Gasteiger partial charge in [0.25, 0.3) is 11.8 Å². The van der Waals surface area contributed by atoms with E-state index in [9.17, 15) is 9.59 Å². The number of nitrogens with one attached hydrogen (secondary N) is 2. The highest BCUT2D eigenvalue weighted by Crippen LogP contribution is 2.16. The number of imidazole rings is 1. The molecule has 2 aromatic heterocycles. The van der Waals surface area contributed by atoms with E-state index in [4.69, 9.17) is 5.26 Å². The zero-order valence-corrected chi connectivity index (χ0v) is 15.8. The number of pyridine rings is 1. The van der Waals surface area contributed by atoms with E-state index in [1.165, 1.54) is 0 Å². The van der Waals surface area contributed by atoms with E-state index in [1.807, 2.05) is 6.07 Å². The first-order valence-electron chi connectivity index (χ1n) is 9.06. The molecule has 0 aliphatic carbocycles. The second kappa shape index (κ2) is 8.35. The molecule has 0 atom stereocenters. The Labute approximate surface area is 163 Å². The summed E-state index contributed by atoms with van der Waals surface area (Å²) in [5.74, 6) is -0.191. The second-order valence-electron chi connectivity index (χ2n) is 6.83. The van der Waals surface area contributed by atoms with Gasteiger partial charge in [-0.2, -0.15) is 5.26 Å². The fourth-order valence-corrected chi connectivity index (χ4v) is 2.78. The van der Waals surface area contributed by atoms with Gasteiger partial charge in [-0.15, -0.1) is 0 Å². The number of aromatic nitrogens is 2. The Kier molecular flexibility index (Phi) is 5.70. The van der Waals surface area contributed by atoms with E-state index in [0.29, 0.717) is 29.2 Å². The van der Waals surface area contributed by atoms with E-state index in [-0.39, 0.29) is 17.4 Å². The third kappa shape index (κ3) is 4.18. The highest BCUT2D eigenvalue weighted by atomic mass is 16.2. The molecular formula is C21H21N5O2. The standard InChI is InChI=1S/C21H21N5O2/c1-14(2)9-10-23-20(27)18-17-8-3-4-11-26(17)19(25-18)21(28)24-16-7-5-6-15(12-16)13-22/h3-8,11-12,14H,9-10H2,1-2H3,(H,23,27)(H,24,28). The van der Waals surface area contributed by atoms with Gasteiger partial charge >= 0.3 is 0 Å². The molecule has 3 aromatic rings. The van der Waals surface area contributed by atoms with E-state index in [2.05, 4.69) is 29.5 Å². The molecule has 2 N–H and O–H groups in total. The molecule has 2 amide bonds. The number of carbonyl (C=O) groups is 2. The minimum atomic E-state index is -0.461. The lowest BCUT2D eigenvalue weighted by molar-refractivity contribution is 0.0949. The van der Waals surface area contributed by atoms with Crippen molar-refractivity contribution in [2.45, 2.75) is 20.3 Å². The van der Waals surface area contributed by atoms with Crippen LogP contribution in [0.1, 0.15) is 46.9 Å². The lowest BCUT2D eigenvalue weighted by Crippen LogP contribution is -2.26. The van der Waals surface area contributed by atoms with Gasteiger partial charge in [-0.1, -0.05) is 26.0 Å². The number of anilines is 1. The molecule has 28 heavy (non-hydrogen) atoms. The zero-order chi connectivity index (χ0) is 20.1. The Morgan fingerprint density at radius 3 is 2.75 bits per heavy atom. The molecule has 1 aromatic carbocycles. The summed E-state index contributed by atoms with van der Waals surface area (Å²) in [4.78, 5) is 29.6. The molecule has 0 radical (unpaired) electrons. The molecule has 0 saturated heterocycles. The lowest BCUT2D eigenvalue weighted by atomic mass is 10.1. The number of hydrogen-bond acceptors (Lipinski definition) is 4. The van der Waals surface area contributed by atoms with E-state index >= 15 is 0 Å². The van der Waals surface area contributed by atoms with Crippen LogP contribution in [0.15, 0.2) is 48.7 Å². The van der Waals surface area contributed by atoms with Crippen LogP contribution in [0.5, 0.6) is 0 Å². The van der Waals surface area contributed by atoms with Gasteiger partial charge in [-0.25, -0.2) is 4.98 Å². The minimum absolute atomic E-state index is 0.104. The molecule has 0 saturated carbocycles. The summed E-state index contributed by atoms with van der Waals surface area (Å²) in [6, 6.07) is 13.9. The number of amides is 2. The van der Waals surface area contributed by atoms with Crippen molar-refractivity contribution in [2.24, 2.45) is 5.92 Å². The molecular weight excluding hydrogens is 354 g/mol. The summed E-state index contributed by atoms with van der Waals surface area (Å²) in [6.45, 7) is 4.72. The molecule has 0 spiro atoms. The van der Waals surface area contributed by atoms with Crippen LogP contribution in [-0.2, 0) is 0 Å². The van der Waals surface area contributed by atoms with Crippen LogP contribution in [0.25, 0.3) is 5.52 Å². The molecule has 7 nitrogen and oxygen atoms in total. The van der Waals surface area contributed by atoms with Crippen LogP contribution in [0.2, 0.25) is 0 Å². The van der Waals surface area contributed by atoms with Gasteiger partial charge < -0.3 is 10.6 Å². The number of fused-ring (bicyclic) bond motifs is 1. The predicted molar refractivity (Wildman–Crippen MR) is 106 cm³/mol. The molecule has 3 rings (SSSR count). The zero-order valence-electron chi connectivity index (χ0n) is 15.8. The first-order chi connectivity index (χ1) is 13.5. The maximum absolute atomic E-state index is 12.8. The second-order valence-corrected chi connectivity index (χ2v) is 6.83. The topological polar surface area (TPSA) is 99.3 Å². The summed E-state index contributed by atoms with van der Waals surface area (Å²) in [5.41, 5.74) is 1.69. The van der Waals surface area contributed by atoms with Gasteiger partial charge in [0.2, 0.25) is 5.82 Å². The van der Waals surface area contributed by atoms with Crippen LogP contribution < -0.4 is 10.6 Å². The van der Waals surface area contributed by atoms with Crippen LogP contribution in [-0.4, -0.2) is 27.7 Å². The highest BCUT2D eigenvalue weighted by Gasteiger charge is 2.21. The van der Waals surface area contributed by atoms with Crippen LogP contribution >= 0.6 is 0 Å². The third-order valence-corrected chi connectivity index (χ3v) is 4.22. The van der Waals surface area contributed by atoms with Gasteiger partial charge in [0.15, 0.2) is 5.69 Å².